The van der Waals surface area contributed by atoms with Gasteiger partial charge in [0.15, 0.2) is 4.30 Å². The molecule has 0 aliphatic heterocycles. The third-order valence-electron chi connectivity index (χ3n) is 0. The number of hydrogen-bond acceptors (Lipinski definition) is 0. The molecule has 0 bridgehead atoms. The summed E-state index contributed by atoms with van der Waals surface area (Å²) in [7, 11) is 0. The Morgan fingerprint density at radius 1 is 1.00 bits per heavy atom. The molecule has 0 amide bonds. The quantitative estimate of drug-likeness (QED) is 0.473. The van der Waals surface area contributed by atoms with Gasteiger partial charge in [0, 0.05) is 27.7 Å². The fourth-order valence-electron chi connectivity index (χ4n) is 0. The van der Waals surface area contributed by atoms with E-state index in [4.69, 9.17) is 34.8 Å². The Bertz CT molecular complexity index is 11.6. The van der Waals surface area contributed by atoms with Gasteiger partial charge in [0.25, 0.3) is 0 Å². The third-order valence-corrected chi connectivity index (χ3v) is 0. The molecule has 5 heavy (non-hydrogen) atoms. The smallest absolute Gasteiger partial charge is 0.0874 e. The topological polar surface area (TPSA) is 0 Å². The van der Waals surface area contributed by atoms with Crippen molar-refractivity contribution in [2.24, 2.45) is 0 Å². The first-order valence-corrected chi connectivity index (χ1v) is 1.96. The van der Waals surface area contributed by atoms with Crippen molar-refractivity contribution in [3.05, 3.63) is 0 Å². The average molecular weight is 320 g/mol. The molecule has 4 heteroatoms. The van der Waals surface area contributed by atoms with Gasteiger partial charge in [0.2, 0.25) is 0 Å². The van der Waals surface area contributed by atoms with Gasteiger partial charge in [-0.15, -0.1) is 0 Å². The van der Waals surface area contributed by atoms with E-state index in [-0.39, 0.29) is 27.7 Å². The number of hydrogen-bond donors (Lipinski definition) is 0. The van der Waals surface area contributed by atoms with E-state index in [2.05, 4.69) is 0 Å². The van der Waals surface area contributed by atoms with Crippen LogP contribution in [0.3, 0.4) is 0 Å². The van der Waals surface area contributed by atoms with Gasteiger partial charge < -0.3 is 0 Å². The standard InChI is InChI=1S/CHCl3.Hg/c2-1(3)4;/h1H;. The molecule has 0 aromatic carbocycles. The van der Waals surface area contributed by atoms with Crippen LogP contribution in [0.4, 0.5) is 0 Å². The summed E-state index contributed by atoms with van der Waals surface area (Å²) >= 11 is 14.4. The van der Waals surface area contributed by atoms with Crippen LogP contribution >= 0.6 is 34.8 Å². The maximum atomic E-state index is 4.81. The van der Waals surface area contributed by atoms with E-state index in [9.17, 15) is 0 Å². The minimum Gasteiger partial charge on any atom is -0.0874 e. The first kappa shape index (κ1) is 9.93. The van der Waals surface area contributed by atoms with Crippen LogP contribution in [0.1, 0.15) is 0 Å². The second-order valence-corrected chi connectivity index (χ2v) is 2.23. The Hall–Kier alpha value is 1.81. The molecule has 0 aliphatic carbocycles. The molecule has 0 nitrogen and oxygen atoms in total. The van der Waals surface area contributed by atoms with E-state index in [1.165, 1.54) is 0 Å². The Kier molecular flexibility index (Phi) is 11.5. The summed E-state index contributed by atoms with van der Waals surface area (Å²) in [4.78, 5) is 0. The Labute approximate surface area is 66.3 Å². The molecule has 0 spiro atoms. The summed E-state index contributed by atoms with van der Waals surface area (Å²) in [5.74, 6) is 0. The Morgan fingerprint density at radius 3 is 1.00 bits per heavy atom. The van der Waals surface area contributed by atoms with Gasteiger partial charge in [0.05, 0.1) is 0 Å². The van der Waals surface area contributed by atoms with Crippen LogP contribution in [0.15, 0.2) is 0 Å². The summed E-state index contributed by atoms with van der Waals surface area (Å²) < 4.78 is -0.750. The minimum atomic E-state index is -0.750. The van der Waals surface area contributed by atoms with Crippen LogP contribution in [0.5, 0.6) is 0 Å². The molecule has 0 atom stereocenters. The molecule has 0 saturated heterocycles. The maximum absolute atomic E-state index is 4.81. The molecule has 0 heterocycles. The van der Waals surface area contributed by atoms with E-state index in [0.29, 0.717) is 0 Å². The number of alkyl halides is 3. The predicted octanol–water partition coefficient (Wildman–Crippen LogP) is 1.98. The van der Waals surface area contributed by atoms with Gasteiger partial charge in [-0.3, -0.25) is 0 Å². The van der Waals surface area contributed by atoms with Crippen LogP contribution in [-0.4, -0.2) is 4.30 Å². The average Bonchev–Trinajstić information content (AvgIpc) is 0.811. The van der Waals surface area contributed by atoms with Crippen LogP contribution in [0.25, 0.3) is 0 Å². The van der Waals surface area contributed by atoms with Crippen molar-refractivity contribution in [1.82, 2.24) is 0 Å². The molecule has 28 valence electrons. The monoisotopic (exact) mass is 320 g/mol. The van der Waals surface area contributed by atoms with Crippen molar-refractivity contribution < 1.29 is 27.7 Å². The summed E-state index contributed by atoms with van der Waals surface area (Å²) in [6.07, 6.45) is 0. The zero-order chi connectivity index (χ0) is 3.58. The van der Waals surface area contributed by atoms with Crippen molar-refractivity contribution in [2.45, 2.75) is 4.30 Å². The van der Waals surface area contributed by atoms with Crippen LogP contribution in [0.2, 0.25) is 0 Å². The molecular weight excluding hydrogens is 319 g/mol. The van der Waals surface area contributed by atoms with Crippen molar-refractivity contribution in [1.29, 1.82) is 0 Å². The molecule has 0 fully saturated rings. The normalized spacial score (nSPS) is 7.20. The van der Waals surface area contributed by atoms with Gasteiger partial charge >= 0.3 is 0 Å². The second kappa shape index (κ2) is 5.81. The van der Waals surface area contributed by atoms with E-state index < -0.39 is 4.30 Å². The molecule has 0 saturated carbocycles. The fraction of sp³-hybridized carbons (Fsp3) is 1.00. The van der Waals surface area contributed by atoms with Gasteiger partial charge in [-0.1, -0.05) is 34.8 Å². The Balaban J connectivity index is 0. The second-order valence-electron chi connectivity index (χ2n) is 0.247. The number of halogens is 3. The van der Waals surface area contributed by atoms with Crippen LogP contribution < -0.4 is 0 Å². The fourth-order valence-corrected chi connectivity index (χ4v) is 0. The molecule has 0 aromatic heterocycles. The largest absolute Gasteiger partial charge is 0.180 e. The summed E-state index contributed by atoms with van der Waals surface area (Å²) in [5.41, 5.74) is 0. The SMILES string of the molecule is ClC(Cl)Cl.[Hg]. The molecule has 0 radical (unpaired) electrons. The van der Waals surface area contributed by atoms with Crippen molar-refractivity contribution in [3.63, 3.8) is 0 Å². The van der Waals surface area contributed by atoms with Gasteiger partial charge in [-0.05, 0) is 0 Å². The predicted molar refractivity (Wildman–Crippen MR) is 21.3 cm³/mol. The molecular formula is CHCl3Hg. The molecule has 0 aromatic rings. The minimum absolute atomic E-state index is 0. The van der Waals surface area contributed by atoms with E-state index >= 15 is 0 Å². The van der Waals surface area contributed by atoms with E-state index in [1.54, 1.807) is 0 Å². The summed E-state index contributed by atoms with van der Waals surface area (Å²) in [5, 5.41) is 0. The zero-order valence-corrected chi connectivity index (χ0v) is 10.2. The van der Waals surface area contributed by atoms with Crippen molar-refractivity contribution in [2.75, 3.05) is 0 Å². The molecule has 0 N–H and O–H groups in total. The summed E-state index contributed by atoms with van der Waals surface area (Å²) in [6.45, 7) is 0. The molecule has 0 rings (SSSR count). The van der Waals surface area contributed by atoms with Crippen LogP contribution in [-0.2, 0) is 27.7 Å². The Morgan fingerprint density at radius 2 is 1.00 bits per heavy atom. The van der Waals surface area contributed by atoms with Crippen molar-refractivity contribution in [3.8, 4) is 0 Å². The molecule has 0 unspecified atom stereocenters. The first-order chi connectivity index (χ1) is 1.73. The van der Waals surface area contributed by atoms with Gasteiger partial charge in [-0.25, -0.2) is 0 Å². The van der Waals surface area contributed by atoms with Gasteiger partial charge in [0.1, 0.15) is 0 Å². The first-order valence-electron chi connectivity index (χ1n) is 0.655. The van der Waals surface area contributed by atoms with E-state index in [0.717, 1.165) is 0 Å². The van der Waals surface area contributed by atoms with Crippen molar-refractivity contribution >= 4 is 34.8 Å². The maximum Gasteiger partial charge on any atom is 0.180 e. The zero-order valence-electron chi connectivity index (χ0n) is 2.42. The third kappa shape index (κ3) is 25.8. The van der Waals surface area contributed by atoms with Gasteiger partial charge in [-0.2, -0.15) is 0 Å². The van der Waals surface area contributed by atoms with E-state index in [1.807, 2.05) is 0 Å². The molecule has 0 aliphatic rings. The van der Waals surface area contributed by atoms with Crippen LogP contribution in [0, 0.1) is 0 Å². The number of rotatable bonds is 0. The summed E-state index contributed by atoms with van der Waals surface area (Å²) in [6, 6.07) is 0.